The Labute approximate surface area is 189 Å². The van der Waals surface area contributed by atoms with E-state index in [0.29, 0.717) is 41.5 Å². The van der Waals surface area contributed by atoms with Crippen molar-refractivity contribution in [3.63, 3.8) is 0 Å². The molecule has 3 rings (SSSR count). The van der Waals surface area contributed by atoms with Crippen molar-refractivity contribution in [1.82, 2.24) is 9.80 Å². The highest BCUT2D eigenvalue weighted by Gasteiger charge is 2.38. The zero-order chi connectivity index (χ0) is 22.6. The topological polar surface area (TPSA) is 62.2 Å². The molecule has 1 aliphatic rings. The molecule has 0 saturated heterocycles. The number of halogens is 1. The molecule has 1 aliphatic heterocycles. The normalized spacial score (nSPS) is 17.4. The minimum Gasteiger partial charge on any atom is -0.493 e. The van der Waals surface area contributed by atoms with Gasteiger partial charge in [0.25, 0.3) is 5.91 Å². The fourth-order valence-electron chi connectivity index (χ4n) is 3.94. The molecule has 1 atom stereocenters. The van der Waals surface area contributed by atoms with E-state index in [2.05, 4.69) is 6.92 Å². The summed E-state index contributed by atoms with van der Waals surface area (Å²) >= 11 is 6.01. The number of carbonyl (C=O) groups is 1. The number of benzene rings is 2. The molecule has 1 N–H and O–H groups in total. The number of carbonyl (C=O) groups excluding carboxylic acids is 1. The van der Waals surface area contributed by atoms with Crippen molar-refractivity contribution in [2.75, 3.05) is 47.4 Å². The van der Waals surface area contributed by atoms with Gasteiger partial charge in [-0.15, -0.1) is 0 Å². The lowest BCUT2D eigenvalue weighted by Gasteiger charge is -2.24. The van der Waals surface area contributed by atoms with Crippen molar-refractivity contribution in [2.45, 2.75) is 25.4 Å². The van der Waals surface area contributed by atoms with Crippen molar-refractivity contribution < 1.29 is 19.4 Å². The summed E-state index contributed by atoms with van der Waals surface area (Å²) in [5, 5.41) is 10.1. The molecule has 0 aromatic heterocycles. The fraction of sp³-hybridized carbons (Fsp3) is 0.458. The van der Waals surface area contributed by atoms with Gasteiger partial charge in [-0.3, -0.25) is 4.79 Å². The summed E-state index contributed by atoms with van der Waals surface area (Å²) in [7, 11) is 5.50. The Hall–Kier alpha value is -2.28. The second kappa shape index (κ2) is 9.90. The Kier molecular flexibility index (Phi) is 7.46. The summed E-state index contributed by atoms with van der Waals surface area (Å²) in [5.74, 6) is 1.12. The quantitative estimate of drug-likeness (QED) is 0.640. The van der Waals surface area contributed by atoms with Crippen LogP contribution in [0.3, 0.4) is 0 Å². The SMILES string of the molecule is COc1cc(C(=O)N(CCO)CCN(C)C)cc2c1OC(C)(Cc1ccc(Cl)cc1)C2. The number of methoxy groups -OCH3 is 1. The van der Waals surface area contributed by atoms with E-state index in [4.69, 9.17) is 21.1 Å². The number of hydrogen-bond acceptors (Lipinski definition) is 5. The van der Waals surface area contributed by atoms with E-state index in [9.17, 15) is 9.90 Å². The Morgan fingerprint density at radius 1 is 1.19 bits per heavy atom. The summed E-state index contributed by atoms with van der Waals surface area (Å²) in [6.07, 6.45) is 1.38. The van der Waals surface area contributed by atoms with Gasteiger partial charge in [-0.1, -0.05) is 23.7 Å². The fourth-order valence-corrected chi connectivity index (χ4v) is 4.07. The van der Waals surface area contributed by atoms with E-state index in [1.165, 1.54) is 0 Å². The lowest BCUT2D eigenvalue weighted by molar-refractivity contribution is 0.0709. The molecule has 1 amide bonds. The molecule has 7 heteroatoms. The number of nitrogens with zero attached hydrogens (tertiary/aromatic N) is 2. The van der Waals surface area contributed by atoms with Crippen molar-refractivity contribution in [3.8, 4) is 11.5 Å². The molecule has 0 fully saturated rings. The lowest BCUT2D eigenvalue weighted by atomic mass is 9.91. The molecule has 2 aromatic carbocycles. The first-order valence-corrected chi connectivity index (χ1v) is 10.8. The first-order chi connectivity index (χ1) is 14.7. The van der Waals surface area contributed by atoms with Gasteiger partial charge in [-0.25, -0.2) is 0 Å². The van der Waals surface area contributed by atoms with Gasteiger partial charge in [-0.2, -0.15) is 0 Å². The van der Waals surface area contributed by atoms with Crippen molar-refractivity contribution in [2.24, 2.45) is 0 Å². The third-order valence-electron chi connectivity index (χ3n) is 5.48. The predicted molar refractivity (Wildman–Crippen MR) is 122 cm³/mol. The van der Waals surface area contributed by atoms with E-state index in [1.54, 1.807) is 18.1 Å². The summed E-state index contributed by atoms with van der Waals surface area (Å²) in [5.41, 5.74) is 2.19. The lowest BCUT2D eigenvalue weighted by Crippen LogP contribution is -2.38. The van der Waals surface area contributed by atoms with Crippen LogP contribution in [-0.2, 0) is 12.8 Å². The number of aliphatic hydroxyl groups is 1. The monoisotopic (exact) mass is 446 g/mol. The van der Waals surface area contributed by atoms with Crippen LogP contribution >= 0.6 is 11.6 Å². The number of amides is 1. The van der Waals surface area contributed by atoms with Gasteiger partial charge < -0.3 is 24.4 Å². The van der Waals surface area contributed by atoms with Gasteiger partial charge >= 0.3 is 0 Å². The molecule has 0 radical (unpaired) electrons. The average molecular weight is 447 g/mol. The molecule has 1 heterocycles. The van der Waals surface area contributed by atoms with E-state index in [0.717, 1.165) is 17.7 Å². The Bertz CT molecular complexity index is 917. The molecule has 0 aliphatic carbocycles. The molecule has 0 bridgehead atoms. The predicted octanol–water partition coefficient (Wildman–Crippen LogP) is 3.28. The largest absolute Gasteiger partial charge is 0.493 e. The number of rotatable bonds is 9. The maximum atomic E-state index is 13.2. The molecule has 0 saturated carbocycles. The number of fused-ring (bicyclic) bond motifs is 1. The minimum absolute atomic E-state index is 0.0798. The number of likely N-dealkylation sites (N-methyl/N-ethyl adjacent to an activating group) is 1. The first-order valence-electron chi connectivity index (χ1n) is 10.4. The van der Waals surface area contributed by atoms with Gasteiger partial charge in [-0.05, 0) is 50.8 Å². The maximum Gasteiger partial charge on any atom is 0.254 e. The van der Waals surface area contributed by atoms with Crippen LogP contribution in [0.2, 0.25) is 5.02 Å². The third kappa shape index (κ3) is 5.70. The van der Waals surface area contributed by atoms with Gasteiger partial charge in [0.1, 0.15) is 5.60 Å². The highest BCUT2D eigenvalue weighted by Crippen LogP contribution is 2.44. The van der Waals surface area contributed by atoms with Crippen molar-refractivity contribution in [1.29, 1.82) is 0 Å². The average Bonchev–Trinajstić information content (AvgIpc) is 3.07. The third-order valence-corrected chi connectivity index (χ3v) is 5.73. The van der Waals surface area contributed by atoms with Crippen LogP contribution in [0.25, 0.3) is 0 Å². The van der Waals surface area contributed by atoms with Crippen LogP contribution in [0.1, 0.15) is 28.4 Å². The van der Waals surface area contributed by atoms with E-state index in [1.807, 2.05) is 49.3 Å². The zero-order valence-corrected chi connectivity index (χ0v) is 19.4. The highest BCUT2D eigenvalue weighted by atomic mass is 35.5. The second-order valence-corrected chi connectivity index (χ2v) is 8.95. The van der Waals surface area contributed by atoms with Crippen LogP contribution in [0.5, 0.6) is 11.5 Å². The molecule has 168 valence electrons. The second-order valence-electron chi connectivity index (χ2n) is 8.52. The minimum atomic E-state index is -0.444. The molecule has 31 heavy (non-hydrogen) atoms. The van der Waals surface area contributed by atoms with Crippen LogP contribution in [0.4, 0.5) is 0 Å². The van der Waals surface area contributed by atoms with Crippen molar-refractivity contribution >= 4 is 17.5 Å². The summed E-state index contributed by atoms with van der Waals surface area (Å²) in [6.45, 7) is 3.53. The molecule has 0 spiro atoms. The zero-order valence-electron chi connectivity index (χ0n) is 18.7. The van der Waals surface area contributed by atoms with Gasteiger partial charge in [0.15, 0.2) is 11.5 Å². The van der Waals surface area contributed by atoms with E-state index >= 15 is 0 Å². The maximum absolute atomic E-state index is 13.2. The van der Waals surface area contributed by atoms with E-state index < -0.39 is 5.60 Å². The van der Waals surface area contributed by atoms with Crippen LogP contribution < -0.4 is 9.47 Å². The number of aliphatic hydroxyl groups excluding tert-OH is 1. The van der Waals surface area contributed by atoms with Crippen LogP contribution in [0.15, 0.2) is 36.4 Å². The van der Waals surface area contributed by atoms with Gasteiger partial charge in [0.05, 0.1) is 13.7 Å². The summed E-state index contributed by atoms with van der Waals surface area (Å²) in [4.78, 5) is 16.9. The highest BCUT2D eigenvalue weighted by molar-refractivity contribution is 6.30. The van der Waals surface area contributed by atoms with Crippen LogP contribution in [0, 0.1) is 0 Å². The van der Waals surface area contributed by atoms with Gasteiger partial charge in [0, 0.05) is 48.6 Å². The smallest absolute Gasteiger partial charge is 0.254 e. The van der Waals surface area contributed by atoms with Crippen LogP contribution in [-0.4, -0.2) is 73.9 Å². The molecule has 2 aromatic rings. The molecular weight excluding hydrogens is 416 g/mol. The Balaban J connectivity index is 1.84. The summed E-state index contributed by atoms with van der Waals surface area (Å²) < 4.78 is 11.9. The first kappa shape index (κ1) is 23.4. The molecule has 1 unspecified atom stereocenters. The molecular formula is C24H31ClN2O4. The molecule has 6 nitrogen and oxygen atoms in total. The Morgan fingerprint density at radius 3 is 2.52 bits per heavy atom. The Morgan fingerprint density at radius 2 is 1.90 bits per heavy atom. The number of ether oxygens (including phenoxy) is 2. The number of hydrogen-bond donors (Lipinski definition) is 1. The standard InChI is InChI=1S/C24H31ClN2O4/c1-24(15-17-5-7-20(25)8-6-17)16-19-13-18(14-21(30-4)22(19)31-24)23(29)27(11-12-28)10-9-26(2)3/h5-8,13-14,28H,9-12,15-16H2,1-4H3. The van der Waals surface area contributed by atoms with E-state index in [-0.39, 0.29) is 19.1 Å². The van der Waals surface area contributed by atoms with Crippen molar-refractivity contribution in [3.05, 3.63) is 58.1 Å². The van der Waals surface area contributed by atoms with Gasteiger partial charge in [0.2, 0.25) is 0 Å². The summed E-state index contributed by atoms with van der Waals surface area (Å²) in [6, 6.07) is 11.4.